The van der Waals surface area contributed by atoms with Crippen LogP contribution in [0.4, 0.5) is 0 Å². The Bertz CT molecular complexity index is 975. The van der Waals surface area contributed by atoms with E-state index < -0.39 is 0 Å². The molecule has 1 amide bonds. The highest BCUT2D eigenvalue weighted by Gasteiger charge is 2.27. The van der Waals surface area contributed by atoms with Crippen molar-refractivity contribution in [2.75, 3.05) is 19.6 Å². The molecule has 150 valence electrons. The molecule has 1 aliphatic rings. The van der Waals surface area contributed by atoms with Gasteiger partial charge in [0.25, 0.3) is 0 Å². The number of thiazole rings is 1. The SMILES string of the molecule is C[C@@H]1CN(Cc2ccccc2)CCN1C(=O)Cc1csc(-c2ccccc2Cl)n1. The monoisotopic (exact) mass is 425 g/mol. The molecule has 0 radical (unpaired) electrons. The van der Waals surface area contributed by atoms with Crippen LogP contribution in [0.15, 0.2) is 60.0 Å². The second-order valence-corrected chi connectivity index (χ2v) is 8.72. The molecule has 0 aliphatic carbocycles. The van der Waals surface area contributed by atoms with E-state index in [0.29, 0.717) is 11.4 Å². The lowest BCUT2D eigenvalue weighted by Crippen LogP contribution is -2.54. The van der Waals surface area contributed by atoms with Crippen LogP contribution in [-0.4, -0.2) is 46.4 Å². The molecular weight excluding hydrogens is 402 g/mol. The molecule has 0 unspecified atom stereocenters. The van der Waals surface area contributed by atoms with Gasteiger partial charge in [-0.1, -0.05) is 60.1 Å². The van der Waals surface area contributed by atoms with Crippen LogP contribution in [0.2, 0.25) is 5.02 Å². The van der Waals surface area contributed by atoms with Crippen LogP contribution in [0.3, 0.4) is 0 Å². The third kappa shape index (κ3) is 4.86. The maximum absolute atomic E-state index is 12.9. The van der Waals surface area contributed by atoms with Gasteiger partial charge in [0, 0.05) is 43.2 Å². The highest BCUT2D eigenvalue weighted by molar-refractivity contribution is 7.13. The van der Waals surface area contributed by atoms with Gasteiger partial charge in [-0.05, 0) is 18.6 Å². The summed E-state index contributed by atoms with van der Waals surface area (Å²) in [6.45, 7) is 5.61. The number of hydrogen-bond acceptors (Lipinski definition) is 4. The van der Waals surface area contributed by atoms with E-state index in [9.17, 15) is 4.79 Å². The van der Waals surface area contributed by atoms with E-state index in [0.717, 1.165) is 42.4 Å². The van der Waals surface area contributed by atoms with Crippen LogP contribution < -0.4 is 0 Å². The molecular formula is C23H24ClN3OS. The summed E-state index contributed by atoms with van der Waals surface area (Å²) in [4.78, 5) is 22.0. The third-order valence-corrected chi connectivity index (χ3v) is 6.52. The lowest BCUT2D eigenvalue weighted by molar-refractivity contribution is -0.135. The van der Waals surface area contributed by atoms with Crippen molar-refractivity contribution in [2.45, 2.75) is 25.9 Å². The number of carbonyl (C=O) groups is 1. The number of rotatable bonds is 5. The summed E-state index contributed by atoms with van der Waals surface area (Å²) in [5, 5.41) is 3.51. The minimum Gasteiger partial charge on any atom is -0.337 e. The zero-order chi connectivity index (χ0) is 20.2. The zero-order valence-electron chi connectivity index (χ0n) is 16.4. The lowest BCUT2D eigenvalue weighted by Gasteiger charge is -2.40. The van der Waals surface area contributed by atoms with E-state index in [2.05, 4.69) is 41.1 Å². The molecule has 1 fully saturated rings. The summed E-state index contributed by atoms with van der Waals surface area (Å²) in [5.74, 6) is 0.146. The third-order valence-electron chi connectivity index (χ3n) is 5.27. The fourth-order valence-corrected chi connectivity index (χ4v) is 4.93. The normalized spacial score (nSPS) is 17.4. The molecule has 6 heteroatoms. The van der Waals surface area contributed by atoms with Gasteiger partial charge in [-0.15, -0.1) is 11.3 Å². The predicted octanol–water partition coefficient (Wildman–Crippen LogP) is 4.74. The zero-order valence-corrected chi connectivity index (χ0v) is 18.0. The summed E-state index contributed by atoms with van der Waals surface area (Å²) < 4.78 is 0. The number of aromatic nitrogens is 1. The number of piperazine rings is 1. The van der Waals surface area contributed by atoms with Crippen molar-refractivity contribution in [2.24, 2.45) is 0 Å². The summed E-state index contributed by atoms with van der Waals surface area (Å²) in [5.41, 5.74) is 3.05. The van der Waals surface area contributed by atoms with Crippen molar-refractivity contribution in [3.8, 4) is 10.6 Å². The average Bonchev–Trinajstić information content (AvgIpc) is 3.17. The van der Waals surface area contributed by atoms with Crippen LogP contribution in [0.5, 0.6) is 0 Å². The van der Waals surface area contributed by atoms with Crippen LogP contribution in [-0.2, 0) is 17.8 Å². The molecule has 0 saturated carbocycles. The van der Waals surface area contributed by atoms with Crippen molar-refractivity contribution in [1.82, 2.24) is 14.8 Å². The lowest BCUT2D eigenvalue weighted by atomic mass is 10.1. The Morgan fingerprint density at radius 3 is 2.66 bits per heavy atom. The van der Waals surface area contributed by atoms with E-state index in [-0.39, 0.29) is 11.9 Å². The Labute approximate surface area is 180 Å². The minimum absolute atomic E-state index is 0.146. The molecule has 4 rings (SSSR count). The molecule has 1 aromatic heterocycles. The molecule has 4 nitrogen and oxygen atoms in total. The number of carbonyl (C=O) groups excluding carboxylic acids is 1. The number of hydrogen-bond donors (Lipinski definition) is 0. The van der Waals surface area contributed by atoms with E-state index >= 15 is 0 Å². The Morgan fingerprint density at radius 1 is 1.14 bits per heavy atom. The smallest absolute Gasteiger partial charge is 0.228 e. The van der Waals surface area contributed by atoms with Crippen LogP contribution in [0.1, 0.15) is 18.2 Å². The van der Waals surface area contributed by atoms with Gasteiger partial charge in [0.15, 0.2) is 0 Å². The number of nitrogens with zero attached hydrogens (tertiary/aromatic N) is 3. The van der Waals surface area contributed by atoms with Crippen LogP contribution in [0, 0.1) is 0 Å². The Morgan fingerprint density at radius 2 is 1.90 bits per heavy atom. The molecule has 1 saturated heterocycles. The average molecular weight is 426 g/mol. The Hall–Kier alpha value is -2.21. The maximum Gasteiger partial charge on any atom is 0.228 e. The molecule has 0 N–H and O–H groups in total. The Balaban J connectivity index is 1.35. The molecule has 0 bridgehead atoms. The highest BCUT2D eigenvalue weighted by atomic mass is 35.5. The predicted molar refractivity (Wildman–Crippen MR) is 119 cm³/mol. The topological polar surface area (TPSA) is 36.4 Å². The molecule has 0 spiro atoms. The van der Waals surface area contributed by atoms with E-state index in [1.165, 1.54) is 16.9 Å². The summed E-state index contributed by atoms with van der Waals surface area (Å²) in [7, 11) is 0. The molecule has 2 heterocycles. The van der Waals surface area contributed by atoms with Gasteiger partial charge in [0.1, 0.15) is 5.01 Å². The first-order valence-electron chi connectivity index (χ1n) is 9.85. The Kier molecular flexibility index (Phi) is 6.28. The fraction of sp³-hybridized carbons (Fsp3) is 0.304. The quantitative estimate of drug-likeness (QED) is 0.592. The fourth-order valence-electron chi connectivity index (χ4n) is 3.79. The van der Waals surface area contributed by atoms with Crippen molar-refractivity contribution in [1.29, 1.82) is 0 Å². The minimum atomic E-state index is 0.146. The van der Waals surface area contributed by atoms with Gasteiger partial charge >= 0.3 is 0 Å². The van der Waals surface area contributed by atoms with Crippen molar-refractivity contribution < 1.29 is 4.79 Å². The number of benzene rings is 2. The van der Waals surface area contributed by atoms with E-state index in [1.54, 1.807) is 0 Å². The van der Waals surface area contributed by atoms with Crippen LogP contribution in [0.25, 0.3) is 10.6 Å². The van der Waals surface area contributed by atoms with Crippen LogP contribution >= 0.6 is 22.9 Å². The molecule has 3 aromatic rings. The summed E-state index contributed by atoms with van der Waals surface area (Å²) in [6.07, 6.45) is 0.337. The van der Waals surface area contributed by atoms with Gasteiger partial charge in [0.05, 0.1) is 17.1 Å². The summed E-state index contributed by atoms with van der Waals surface area (Å²) in [6, 6.07) is 18.4. The molecule has 1 atom stereocenters. The first kappa shape index (κ1) is 20.1. The second-order valence-electron chi connectivity index (χ2n) is 7.46. The van der Waals surface area contributed by atoms with Gasteiger partial charge < -0.3 is 4.90 Å². The molecule has 29 heavy (non-hydrogen) atoms. The second kappa shape index (κ2) is 9.08. The first-order chi connectivity index (χ1) is 14.1. The van der Waals surface area contributed by atoms with Crippen molar-refractivity contribution in [3.63, 3.8) is 0 Å². The summed E-state index contributed by atoms with van der Waals surface area (Å²) >= 11 is 7.81. The van der Waals surface area contributed by atoms with Gasteiger partial charge in [-0.3, -0.25) is 9.69 Å². The van der Waals surface area contributed by atoms with E-state index in [4.69, 9.17) is 11.6 Å². The molecule has 1 aliphatic heterocycles. The largest absolute Gasteiger partial charge is 0.337 e. The van der Waals surface area contributed by atoms with Crippen molar-refractivity contribution >= 4 is 28.8 Å². The number of amides is 1. The molecule has 2 aromatic carbocycles. The van der Waals surface area contributed by atoms with E-state index in [1.807, 2.05) is 40.6 Å². The highest BCUT2D eigenvalue weighted by Crippen LogP contribution is 2.30. The van der Waals surface area contributed by atoms with Crippen molar-refractivity contribution in [3.05, 3.63) is 76.3 Å². The van der Waals surface area contributed by atoms with Gasteiger partial charge in [0.2, 0.25) is 5.91 Å². The van der Waals surface area contributed by atoms with Gasteiger partial charge in [-0.2, -0.15) is 0 Å². The first-order valence-corrected chi connectivity index (χ1v) is 11.1. The number of halogens is 1. The maximum atomic E-state index is 12.9. The standard InChI is InChI=1S/C23H24ClN3OS/c1-17-14-26(15-18-7-3-2-4-8-18)11-12-27(17)22(28)13-19-16-29-23(25-19)20-9-5-6-10-21(20)24/h2-10,16-17H,11-15H2,1H3/t17-/m1/s1. The van der Waals surface area contributed by atoms with Gasteiger partial charge in [-0.25, -0.2) is 4.98 Å².